The summed E-state index contributed by atoms with van der Waals surface area (Å²) in [7, 11) is -3.99. The van der Waals surface area contributed by atoms with Gasteiger partial charge in [0.1, 0.15) is 5.75 Å². The number of hydrogen-bond donors (Lipinski definition) is 1. The second kappa shape index (κ2) is 9.95. The van der Waals surface area contributed by atoms with Gasteiger partial charge < -0.3 is 4.74 Å². The van der Waals surface area contributed by atoms with Crippen LogP contribution in [0.4, 0.5) is 13.2 Å². The van der Waals surface area contributed by atoms with Gasteiger partial charge in [-0.3, -0.25) is 4.90 Å². The van der Waals surface area contributed by atoms with Crippen LogP contribution in [0.25, 0.3) is 11.1 Å². The fourth-order valence-electron chi connectivity index (χ4n) is 3.93. The van der Waals surface area contributed by atoms with Gasteiger partial charge >= 0.3 is 6.36 Å². The Kier molecular flexibility index (Phi) is 7.18. The first-order valence-corrected chi connectivity index (χ1v) is 12.4. The average molecular weight is 511 g/mol. The summed E-state index contributed by atoms with van der Waals surface area (Å²) in [5.74, 6) is -0.579. The van der Waals surface area contributed by atoms with Gasteiger partial charge in [-0.05, 0) is 47.4 Å². The van der Waals surface area contributed by atoms with Crippen LogP contribution in [0.1, 0.15) is 12.0 Å². The Hall–Kier alpha value is -2.59. The number of sulfonamides is 1. The predicted molar refractivity (Wildman–Crippen MR) is 124 cm³/mol. The van der Waals surface area contributed by atoms with E-state index in [9.17, 15) is 21.6 Å². The molecular weight excluding hydrogens is 489 g/mol. The van der Waals surface area contributed by atoms with Crippen molar-refractivity contribution in [1.82, 2.24) is 9.62 Å². The Morgan fingerprint density at radius 3 is 2.44 bits per heavy atom. The molecule has 3 aromatic rings. The van der Waals surface area contributed by atoms with E-state index in [0.29, 0.717) is 31.1 Å². The lowest BCUT2D eigenvalue weighted by atomic mass is 10.0. The topological polar surface area (TPSA) is 58.6 Å². The van der Waals surface area contributed by atoms with E-state index in [2.05, 4.69) is 14.4 Å². The molecule has 0 radical (unpaired) electrons. The lowest BCUT2D eigenvalue weighted by Crippen LogP contribution is -2.37. The Balaban J connectivity index is 1.35. The van der Waals surface area contributed by atoms with E-state index in [1.54, 1.807) is 0 Å². The molecule has 0 aromatic heterocycles. The van der Waals surface area contributed by atoms with Gasteiger partial charge in [0.2, 0.25) is 10.0 Å². The quantitative estimate of drug-likeness (QED) is 0.458. The van der Waals surface area contributed by atoms with Crippen molar-refractivity contribution >= 4 is 21.6 Å². The molecule has 5 nitrogen and oxygen atoms in total. The van der Waals surface area contributed by atoms with Gasteiger partial charge in [-0.2, -0.15) is 0 Å². The molecule has 1 aliphatic heterocycles. The third kappa shape index (κ3) is 6.50. The van der Waals surface area contributed by atoms with Gasteiger partial charge in [-0.15, -0.1) is 13.2 Å². The predicted octanol–water partition coefficient (Wildman–Crippen LogP) is 5.46. The summed E-state index contributed by atoms with van der Waals surface area (Å²) >= 11 is 6.06. The van der Waals surface area contributed by atoms with Gasteiger partial charge in [-0.25, -0.2) is 13.1 Å². The maximum absolute atomic E-state index is 12.7. The number of nitrogens with one attached hydrogen (secondary N) is 1. The fourth-order valence-corrected chi connectivity index (χ4v) is 5.41. The van der Waals surface area contributed by atoms with Gasteiger partial charge in [-0.1, -0.05) is 54.1 Å². The van der Waals surface area contributed by atoms with Crippen LogP contribution < -0.4 is 9.46 Å². The first-order valence-electron chi connectivity index (χ1n) is 10.5. The Morgan fingerprint density at radius 1 is 1.00 bits per heavy atom. The van der Waals surface area contributed by atoms with E-state index < -0.39 is 22.1 Å². The number of likely N-dealkylation sites (tertiary alicyclic amines) is 1. The van der Waals surface area contributed by atoms with Crippen molar-refractivity contribution < 1.29 is 26.3 Å². The molecule has 0 saturated carbocycles. The monoisotopic (exact) mass is 510 g/mol. The van der Waals surface area contributed by atoms with Gasteiger partial charge in [0.25, 0.3) is 0 Å². The molecule has 1 saturated heterocycles. The highest BCUT2D eigenvalue weighted by Gasteiger charge is 2.32. The van der Waals surface area contributed by atoms with Gasteiger partial charge in [0.05, 0.1) is 4.90 Å². The Labute approximate surface area is 201 Å². The standard InChI is InChI=1S/C24H22ClF3N2O3S/c25-20-4-1-3-19(13-20)18-9-7-17(8-10-18)15-30-12-11-21(16-30)29-34(31,32)23-6-2-5-22(14-23)33-24(26,27)28/h1-10,13-14,21,29H,11-12,15-16H2/t21-/m1/s1. The van der Waals surface area contributed by atoms with Crippen LogP contribution in [0.15, 0.2) is 77.7 Å². The van der Waals surface area contributed by atoms with Crippen LogP contribution >= 0.6 is 11.6 Å². The SMILES string of the molecule is O=S(=O)(N[C@@H]1CCN(Cc2ccc(-c3cccc(Cl)c3)cc2)C1)c1cccc(OC(F)(F)F)c1. The third-order valence-electron chi connectivity index (χ3n) is 5.46. The molecule has 1 fully saturated rings. The van der Waals surface area contributed by atoms with Crippen LogP contribution in [0.2, 0.25) is 5.02 Å². The van der Waals surface area contributed by atoms with Crippen LogP contribution in [-0.2, 0) is 16.6 Å². The summed E-state index contributed by atoms with van der Waals surface area (Å²) in [6.45, 7) is 1.84. The molecule has 1 heterocycles. The zero-order chi connectivity index (χ0) is 24.3. The zero-order valence-corrected chi connectivity index (χ0v) is 19.5. The molecule has 180 valence electrons. The third-order valence-corrected chi connectivity index (χ3v) is 7.21. The smallest absolute Gasteiger partial charge is 0.406 e. The van der Waals surface area contributed by atoms with Crippen LogP contribution in [-0.4, -0.2) is 38.8 Å². The van der Waals surface area contributed by atoms with Crippen molar-refractivity contribution in [3.05, 3.63) is 83.4 Å². The largest absolute Gasteiger partial charge is 0.573 e. The van der Waals surface area contributed by atoms with Crippen molar-refractivity contribution in [2.24, 2.45) is 0 Å². The number of hydrogen-bond acceptors (Lipinski definition) is 4. The van der Waals surface area contributed by atoms with Crippen LogP contribution in [0.3, 0.4) is 0 Å². The molecule has 0 unspecified atom stereocenters. The number of halogens is 4. The van der Waals surface area contributed by atoms with Gasteiger partial charge in [0, 0.05) is 36.8 Å². The molecule has 34 heavy (non-hydrogen) atoms. The molecule has 1 N–H and O–H groups in total. The van der Waals surface area contributed by atoms with E-state index in [1.165, 1.54) is 12.1 Å². The fraction of sp³-hybridized carbons (Fsp3) is 0.250. The van der Waals surface area contributed by atoms with E-state index in [1.807, 2.05) is 48.5 Å². The zero-order valence-electron chi connectivity index (χ0n) is 17.9. The Morgan fingerprint density at radius 2 is 1.74 bits per heavy atom. The molecule has 1 atom stereocenters. The lowest BCUT2D eigenvalue weighted by Gasteiger charge is -2.17. The molecule has 0 aliphatic carbocycles. The van der Waals surface area contributed by atoms with Crippen LogP contribution in [0, 0.1) is 0 Å². The highest BCUT2D eigenvalue weighted by atomic mass is 35.5. The summed E-state index contributed by atoms with van der Waals surface area (Å²) in [4.78, 5) is 1.86. The molecule has 1 aliphatic rings. The minimum atomic E-state index is -4.89. The second-order valence-corrected chi connectivity index (χ2v) is 10.2. The van der Waals surface area contributed by atoms with E-state index >= 15 is 0 Å². The number of ether oxygens (including phenoxy) is 1. The van der Waals surface area contributed by atoms with Crippen molar-refractivity contribution in [3.63, 3.8) is 0 Å². The molecule has 0 spiro atoms. The van der Waals surface area contributed by atoms with Crippen molar-refractivity contribution in [2.45, 2.75) is 30.3 Å². The number of rotatable bonds is 7. The number of alkyl halides is 3. The molecule has 0 amide bonds. The maximum Gasteiger partial charge on any atom is 0.573 e. The summed E-state index contributed by atoms with van der Waals surface area (Å²) in [6, 6.07) is 19.7. The summed E-state index contributed by atoms with van der Waals surface area (Å²) in [5, 5.41) is 0.673. The molecule has 10 heteroatoms. The Bertz CT molecular complexity index is 1250. The number of nitrogens with zero attached hydrogens (tertiary/aromatic N) is 1. The van der Waals surface area contributed by atoms with Crippen LogP contribution in [0.5, 0.6) is 5.75 Å². The average Bonchev–Trinajstić information content (AvgIpc) is 3.19. The van der Waals surface area contributed by atoms with E-state index in [0.717, 1.165) is 28.8 Å². The molecule has 3 aromatic carbocycles. The lowest BCUT2D eigenvalue weighted by molar-refractivity contribution is -0.274. The normalized spacial score (nSPS) is 17.1. The highest BCUT2D eigenvalue weighted by molar-refractivity contribution is 7.89. The molecule has 4 rings (SSSR count). The summed E-state index contributed by atoms with van der Waals surface area (Å²) in [6.07, 6.45) is -4.30. The summed E-state index contributed by atoms with van der Waals surface area (Å²) < 4.78 is 69.1. The summed E-state index contributed by atoms with van der Waals surface area (Å²) in [5.41, 5.74) is 3.17. The minimum Gasteiger partial charge on any atom is -0.406 e. The van der Waals surface area contributed by atoms with Crippen molar-refractivity contribution in [1.29, 1.82) is 0 Å². The van der Waals surface area contributed by atoms with Crippen molar-refractivity contribution in [3.8, 4) is 16.9 Å². The first-order chi connectivity index (χ1) is 16.1. The van der Waals surface area contributed by atoms with E-state index in [-0.39, 0.29) is 10.9 Å². The molecule has 0 bridgehead atoms. The highest BCUT2D eigenvalue weighted by Crippen LogP contribution is 2.26. The maximum atomic E-state index is 12.7. The second-order valence-electron chi connectivity index (χ2n) is 8.07. The minimum absolute atomic E-state index is 0.274. The van der Waals surface area contributed by atoms with Crippen molar-refractivity contribution in [2.75, 3.05) is 13.1 Å². The van der Waals surface area contributed by atoms with E-state index in [4.69, 9.17) is 11.6 Å². The number of benzene rings is 3. The van der Waals surface area contributed by atoms with Gasteiger partial charge in [0.15, 0.2) is 0 Å². The molecular formula is C24H22ClF3N2O3S. The first kappa shape index (κ1) is 24.5.